The third kappa shape index (κ3) is 3.70. The maximum atomic E-state index is 11.6. The predicted octanol–water partition coefficient (Wildman–Crippen LogP) is 1.56. The summed E-state index contributed by atoms with van der Waals surface area (Å²) >= 11 is 0. The lowest BCUT2D eigenvalue weighted by atomic mass is 9.64. The summed E-state index contributed by atoms with van der Waals surface area (Å²) in [5, 5.41) is 11.5. The molecule has 2 N–H and O–H groups in total. The molecule has 5 nitrogen and oxygen atoms in total. The monoisotopic (exact) mass is 257 g/mol. The molecule has 1 fully saturated rings. The Morgan fingerprint density at radius 3 is 2.56 bits per heavy atom. The first-order valence-corrected chi connectivity index (χ1v) is 6.50. The van der Waals surface area contributed by atoms with Crippen LogP contribution in [0.4, 0.5) is 0 Å². The third-order valence-electron chi connectivity index (χ3n) is 3.68. The molecule has 0 aromatic rings. The smallest absolute Gasteiger partial charge is 0.303 e. The molecule has 1 aliphatic carbocycles. The van der Waals surface area contributed by atoms with Crippen molar-refractivity contribution in [3.63, 3.8) is 0 Å². The van der Waals surface area contributed by atoms with Crippen molar-refractivity contribution in [3.8, 4) is 0 Å². The lowest BCUT2D eigenvalue weighted by Crippen LogP contribution is -2.62. The Labute approximate surface area is 108 Å². The number of nitrogens with one attached hydrogen (secondary N) is 1. The minimum atomic E-state index is -0.858. The Morgan fingerprint density at radius 2 is 2.06 bits per heavy atom. The van der Waals surface area contributed by atoms with Crippen LogP contribution in [0.1, 0.15) is 46.5 Å². The summed E-state index contributed by atoms with van der Waals surface area (Å²) in [6, 6.07) is 0.131. The molecule has 18 heavy (non-hydrogen) atoms. The van der Waals surface area contributed by atoms with E-state index in [4.69, 9.17) is 9.84 Å². The summed E-state index contributed by atoms with van der Waals surface area (Å²) in [6.07, 6.45) is 1.75. The fraction of sp³-hybridized carbons (Fsp3) is 0.846. The molecule has 0 bridgehead atoms. The molecule has 2 unspecified atom stereocenters. The van der Waals surface area contributed by atoms with E-state index in [2.05, 4.69) is 19.2 Å². The molecule has 1 amide bonds. The van der Waals surface area contributed by atoms with E-state index in [1.54, 1.807) is 0 Å². The predicted molar refractivity (Wildman–Crippen MR) is 67.2 cm³/mol. The number of carboxylic acid groups (broad SMARTS) is 1. The van der Waals surface area contributed by atoms with Crippen LogP contribution in [-0.2, 0) is 14.3 Å². The van der Waals surface area contributed by atoms with E-state index in [1.807, 2.05) is 6.92 Å². The van der Waals surface area contributed by atoms with Gasteiger partial charge in [0.1, 0.15) is 0 Å². The molecule has 0 aromatic carbocycles. The van der Waals surface area contributed by atoms with Crippen LogP contribution >= 0.6 is 0 Å². The van der Waals surface area contributed by atoms with Crippen molar-refractivity contribution >= 4 is 11.9 Å². The van der Waals surface area contributed by atoms with Gasteiger partial charge in [-0.2, -0.15) is 0 Å². The minimum absolute atomic E-state index is 0.0432. The van der Waals surface area contributed by atoms with Gasteiger partial charge in [0, 0.05) is 30.9 Å². The number of aliphatic carboxylic acids is 1. The lowest BCUT2D eigenvalue weighted by molar-refractivity contribution is -0.138. The van der Waals surface area contributed by atoms with Crippen molar-refractivity contribution < 1.29 is 19.4 Å². The number of carbonyl (C=O) groups is 2. The van der Waals surface area contributed by atoms with Gasteiger partial charge in [-0.1, -0.05) is 13.8 Å². The summed E-state index contributed by atoms with van der Waals surface area (Å²) in [5.41, 5.74) is -0.0432. The van der Waals surface area contributed by atoms with Gasteiger partial charge in [-0.15, -0.1) is 0 Å². The summed E-state index contributed by atoms with van der Waals surface area (Å²) < 4.78 is 5.59. The fourth-order valence-corrected chi connectivity index (χ4v) is 2.28. The van der Waals surface area contributed by atoms with Crippen molar-refractivity contribution in [2.45, 2.75) is 58.6 Å². The Hall–Kier alpha value is -1.10. The average Bonchev–Trinajstić information content (AvgIpc) is 2.27. The first-order chi connectivity index (χ1) is 8.37. The zero-order valence-electron chi connectivity index (χ0n) is 11.4. The molecule has 1 aliphatic rings. The molecule has 1 rings (SSSR count). The van der Waals surface area contributed by atoms with Gasteiger partial charge in [-0.25, -0.2) is 0 Å². The fourth-order valence-electron chi connectivity index (χ4n) is 2.28. The van der Waals surface area contributed by atoms with Crippen LogP contribution in [0.2, 0.25) is 0 Å². The quantitative estimate of drug-likeness (QED) is 0.725. The Balaban J connectivity index is 2.27. The van der Waals surface area contributed by atoms with E-state index in [-0.39, 0.29) is 36.3 Å². The molecule has 0 spiro atoms. The van der Waals surface area contributed by atoms with Crippen LogP contribution in [-0.4, -0.2) is 35.7 Å². The Bertz CT molecular complexity index is 314. The second-order valence-electron chi connectivity index (χ2n) is 5.37. The summed E-state index contributed by atoms with van der Waals surface area (Å²) in [4.78, 5) is 22.0. The average molecular weight is 257 g/mol. The molecular weight excluding hydrogens is 234 g/mol. The van der Waals surface area contributed by atoms with Crippen LogP contribution < -0.4 is 5.32 Å². The molecule has 2 atom stereocenters. The maximum Gasteiger partial charge on any atom is 0.303 e. The van der Waals surface area contributed by atoms with Crippen LogP contribution in [0.25, 0.3) is 0 Å². The molecular formula is C13H23NO4. The van der Waals surface area contributed by atoms with Crippen LogP contribution in [0, 0.1) is 5.41 Å². The van der Waals surface area contributed by atoms with Crippen molar-refractivity contribution in [1.29, 1.82) is 0 Å². The van der Waals surface area contributed by atoms with Gasteiger partial charge in [-0.05, 0) is 19.8 Å². The van der Waals surface area contributed by atoms with Gasteiger partial charge in [0.05, 0.1) is 6.10 Å². The SMILES string of the molecule is CCOC1CC(NC(=O)CCCC(=O)O)C1(C)C. The number of hydrogen-bond donors (Lipinski definition) is 2. The van der Waals surface area contributed by atoms with E-state index in [1.165, 1.54) is 0 Å². The van der Waals surface area contributed by atoms with Gasteiger partial charge in [-0.3, -0.25) is 9.59 Å². The lowest BCUT2D eigenvalue weighted by Gasteiger charge is -2.51. The normalized spacial score (nSPS) is 25.3. The van der Waals surface area contributed by atoms with Crippen LogP contribution in [0.5, 0.6) is 0 Å². The molecule has 0 radical (unpaired) electrons. The molecule has 0 saturated heterocycles. The largest absolute Gasteiger partial charge is 0.481 e. The standard InChI is InChI=1S/C13H23NO4/c1-4-18-10-8-9(13(10,2)3)14-11(15)6-5-7-12(16)17/h9-10H,4-8H2,1-3H3,(H,14,15)(H,16,17). The molecule has 0 aromatic heterocycles. The van der Waals surface area contributed by atoms with Gasteiger partial charge in [0.2, 0.25) is 5.91 Å². The number of ether oxygens (including phenoxy) is 1. The number of hydrogen-bond acceptors (Lipinski definition) is 3. The molecule has 0 aliphatic heterocycles. The van der Waals surface area contributed by atoms with Crippen molar-refractivity contribution in [3.05, 3.63) is 0 Å². The van der Waals surface area contributed by atoms with E-state index < -0.39 is 5.97 Å². The van der Waals surface area contributed by atoms with Crippen LogP contribution in [0.3, 0.4) is 0 Å². The second kappa shape index (κ2) is 6.18. The highest BCUT2D eigenvalue weighted by Crippen LogP contribution is 2.42. The summed E-state index contributed by atoms with van der Waals surface area (Å²) in [7, 11) is 0. The van der Waals surface area contributed by atoms with Crippen molar-refractivity contribution in [2.24, 2.45) is 5.41 Å². The van der Waals surface area contributed by atoms with E-state index in [0.717, 1.165) is 6.42 Å². The van der Waals surface area contributed by atoms with E-state index >= 15 is 0 Å². The highest BCUT2D eigenvalue weighted by Gasteiger charge is 2.49. The highest BCUT2D eigenvalue weighted by atomic mass is 16.5. The van der Waals surface area contributed by atoms with Crippen molar-refractivity contribution in [1.82, 2.24) is 5.32 Å². The zero-order chi connectivity index (χ0) is 13.8. The highest BCUT2D eigenvalue weighted by molar-refractivity contribution is 5.77. The first-order valence-electron chi connectivity index (χ1n) is 6.50. The summed E-state index contributed by atoms with van der Waals surface area (Å²) in [6.45, 7) is 6.82. The molecule has 1 saturated carbocycles. The van der Waals surface area contributed by atoms with Gasteiger partial charge >= 0.3 is 5.97 Å². The van der Waals surface area contributed by atoms with E-state index in [0.29, 0.717) is 13.0 Å². The van der Waals surface area contributed by atoms with Gasteiger partial charge in [0.15, 0.2) is 0 Å². The second-order valence-corrected chi connectivity index (χ2v) is 5.37. The first kappa shape index (κ1) is 15.0. The molecule has 5 heteroatoms. The van der Waals surface area contributed by atoms with Gasteiger partial charge in [0.25, 0.3) is 0 Å². The van der Waals surface area contributed by atoms with E-state index in [9.17, 15) is 9.59 Å². The minimum Gasteiger partial charge on any atom is -0.481 e. The topological polar surface area (TPSA) is 75.6 Å². The Morgan fingerprint density at radius 1 is 1.39 bits per heavy atom. The number of rotatable bonds is 7. The Kier molecular flexibility index (Phi) is 5.14. The van der Waals surface area contributed by atoms with Gasteiger partial charge < -0.3 is 15.2 Å². The number of carboxylic acids is 1. The van der Waals surface area contributed by atoms with Crippen LogP contribution in [0.15, 0.2) is 0 Å². The van der Waals surface area contributed by atoms with Crippen molar-refractivity contribution in [2.75, 3.05) is 6.61 Å². The number of amides is 1. The number of carbonyl (C=O) groups excluding carboxylic acids is 1. The zero-order valence-corrected chi connectivity index (χ0v) is 11.4. The third-order valence-corrected chi connectivity index (χ3v) is 3.68. The summed E-state index contributed by atoms with van der Waals surface area (Å²) in [5.74, 6) is -0.924. The maximum absolute atomic E-state index is 11.6. The molecule has 104 valence electrons. The molecule has 0 heterocycles.